The Morgan fingerprint density at radius 1 is 0.848 bits per heavy atom. The van der Waals surface area contributed by atoms with Gasteiger partial charge in [-0.05, 0) is 69.5 Å². The molecule has 3 rings (SSSR count). The van der Waals surface area contributed by atoms with E-state index in [1.807, 2.05) is 0 Å². The van der Waals surface area contributed by atoms with E-state index in [-0.39, 0.29) is 6.04 Å². The summed E-state index contributed by atoms with van der Waals surface area (Å²) in [5, 5.41) is 0. The minimum Gasteiger partial charge on any atom is -0.493 e. The van der Waals surface area contributed by atoms with Crippen molar-refractivity contribution in [3.05, 3.63) is 53.6 Å². The molecular weight excluding hydrogens is 406 g/mol. The van der Waals surface area contributed by atoms with Crippen LogP contribution in [0, 0.1) is 0 Å². The smallest absolute Gasteiger partial charge is 0.126 e. The molecule has 0 spiro atoms. The van der Waals surface area contributed by atoms with Crippen molar-refractivity contribution in [1.29, 1.82) is 0 Å². The van der Waals surface area contributed by atoms with E-state index >= 15 is 0 Å². The summed E-state index contributed by atoms with van der Waals surface area (Å²) < 4.78 is 6.30. The molecule has 0 aliphatic carbocycles. The Hall–Kier alpha value is -2.20. The maximum Gasteiger partial charge on any atom is 0.126 e. The highest BCUT2D eigenvalue weighted by Crippen LogP contribution is 2.39. The van der Waals surface area contributed by atoms with E-state index in [4.69, 9.17) is 4.74 Å². The molecule has 0 bridgehead atoms. The highest BCUT2D eigenvalue weighted by molar-refractivity contribution is 5.57. The van der Waals surface area contributed by atoms with E-state index in [1.54, 1.807) is 0 Å². The fourth-order valence-electron chi connectivity index (χ4n) is 4.84. The Balaban J connectivity index is 1.99. The Labute approximate surface area is 202 Å². The molecule has 1 aliphatic heterocycles. The molecule has 1 unspecified atom stereocenters. The minimum absolute atomic E-state index is 0.235. The van der Waals surface area contributed by atoms with Crippen LogP contribution in [0.1, 0.15) is 76.5 Å². The molecule has 4 heteroatoms. The van der Waals surface area contributed by atoms with Gasteiger partial charge in [-0.25, -0.2) is 0 Å². The van der Waals surface area contributed by atoms with Crippen LogP contribution < -0.4 is 14.5 Å². The van der Waals surface area contributed by atoms with E-state index in [2.05, 4.69) is 92.0 Å². The second kappa shape index (κ2) is 12.9. The molecule has 33 heavy (non-hydrogen) atoms. The summed E-state index contributed by atoms with van der Waals surface area (Å²) in [6.45, 7) is 11.8. The van der Waals surface area contributed by atoms with Crippen LogP contribution in [0.2, 0.25) is 0 Å². The first-order valence-corrected chi connectivity index (χ1v) is 13.1. The van der Waals surface area contributed by atoms with Crippen LogP contribution in [-0.4, -0.2) is 51.8 Å². The van der Waals surface area contributed by atoms with Gasteiger partial charge in [0.05, 0.1) is 12.6 Å². The summed E-state index contributed by atoms with van der Waals surface area (Å²) in [6, 6.07) is 16.3. The van der Waals surface area contributed by atoms with Crippen LogP contribution in [0.5, 0.6) is 5.75 Å². The number of ether oxygens (including phenoxy) is 1. The fraction of sp³-hybridized carbons (Fsp3) is 0.586. The first-order chi connectivity index (χ1) is 16.1. The number of anilines is 2. The van der Waals surface area contributed by atoms with Crippen molar-refractivity contribution in [1.82, 2.24) is 4.90 Å². The molecule has 0 aromatic heterocycles. The molecule has 2 aromatic carbocycles. The van der Waals surface area contributed by atoms with Gasteiger partial charge in [0.2, 0.25) is 0 Å². The van der Waals surface area contributed by atoms with Gasteiger partial charge in [-0.2, -0.15) is 0 Å². The van der Waals surface area contributed by atoms with Crippen LogP contribution in [0.4, 0.5) is 11.4 Å². The van der Waals surface area contributed by atoms with Crippen LogP contribution in [0.25, 0.3) is 0 Å². The van der Waals surface area contributed by atoms with E-state index in [0.29, 0.717) is 6.61 Å². The van der Waals surface area contributed by atoms with Gasteiger partial charge in [0, 0.05) is 50.2 Å². The van der Waals surface area contributed by atoms with E-state index in [1.165, 1.54) is 61.0 Å². The van der Waals surface area contributed by atoms with Crippen LogP contribution >= 0.6 is 0 Å². The number of likely N-dealkylation sites (tertiary alicyclic amines) is 1. The topological polar surface area (TPSA) is 19.0 Å². The molecular formula is C29H45N3O. The maximum absolute atomic E-state index is 6.30. The quantitative estimate of drug-likeness (QED) is 0.335. The second-order valence-corrected chi connectivity index (χ2v) is 9.48. The predicted octanol–water partition coefficient (Wildman–Crippen LogP) is 6.74. The van der Waals surface area contributed by atoms with Gasteiger partial charge < -0.3 is 14.5 Å². The third-order valence-electron chi connectivity index (χ3n) is 6.75. The molecule has 182 valence electrons. The summed E-state index contributed by atoms with van der Waals surface area (Å²) in [5.41, 5.74) is 5.19. The van der Waals surface area contributed by atoms with E-state index in [0.717, 1.165) is 31.9 Å². The summed E-state index contributed by atoms with van der Waals surface area (Å²) in [7, 11) is 4.20. The molecule has 1 fully saturated rings. The lowest BCUT2D eigenvalue weighted by Gasteiger charge is -2.31. The number of nitrogens with zero attached hydrogens (tertiary/aromatic N) is 3. The zero-order valence-electron chi connectivity index (χ0n) is 21.6. The van der Waals surface area contributed by atoms with Crippen molar-refractivity contribution in [2.45, 2.75) is 65.3 Å². The largest absolute Gasteiger partial charge is 0.493 e. The summed E-state index contributed by atoms with van der Waals surface area (Å²) in [5.74, 6) is 1.04. The van der Waals surface area contributed by atoms with Crippen molar-refractivity contribution < 1.29 is 4.74 Å². The van der Waals surface area contributed by atoms with Gasteiger partial charge in [0.1, 0.15) is 5.75 Å². The lowest BCUT2D eigenvalue weighted by atomic mass is 9.95. The van der Waals surface area contributed by atoms with Gasteiger partial charge in [-0.3, -0.25) is 4.90 Å². The molecule has 0 saturated carbocycles. The first-order valence-electron chi connectivity index (χ1n) is 13.1. The van der Waals surface area contributed by atoms with Gasteiger partial charge >= 0.3 is 0 Å². The van der Waals surface area contributed by atoms with Crippen molar-refractivity contribution in [3.63, 3.8) is 0 Å². The number of hydrogen-bond acceptors (Lipinski definition) is 4. The zero-order valence-corrected chi connectivity index (χ0v) is 21.6. The van der Waals surface area contributed by atoms with Gasteiger partial charge in [-0.1, -0.05) is 44.9 Å². The summed E-state index contributed by atoms with van der Waals surface area (Å²) in [6.07, 6.45) is 7.44. The van der Waals surface area contributed by atoms with Crippen LogP contribution in [0.15, 0.2) is 42.5 Å². The monoisotopic (exact) mass is 451 g/mol. The molecule has 0 N–H and O–H groups in total. The standard InChI is InChI=1S/C29H45N3O/c1-6-9-19-31(20-10-7-2)26-17-18-27(28(23-26)33-8-3)29(32-21-11-12-22-32)24-13-15-25(16-14-24)30(4)5/h13-18,23,29H,6-12,19-22H2,1-5H3. The van der Waals surface area contributed by atoms with Crippen molar-refractivity contribution in [2.24, 2.45) is 0 Å². The lowest BCUT2D eigenvalue weighted by Crippen LogP contribution is -2.28. The molecule has 0 radical (unpaired) electrons. The van der Waals surface area contributed by atoms with Crippen molar-refractivity contribution >= 4 is 11.4 Å². The normalized spacial score (nSPS) is 14.9. The Kier molecular flexibility index (Phi) is 9.93. The highest BCUT2D eigenvalue weighted by atomic mass is 16.5. The lowest BCUT2D eigenvalue weighted by molar-refractivity contribution is 0.267. The van der Waals surface area contributed by atoms with Gasteiger partial charge in [0.25, 0.3) is 0 Å². The van der Waals surface area contributed by atoms with Crippen molar-refractivity contribution in [2.75, 3.05) is 56.7 Å². The molecule has 1 heterocycles. The Bertz CT molecular complexity index is 819. The highest BCUT2D eigenvalue weighted by Gasteiger charge is 2.28. The minimum atomic E-state index is 0.235. The van der Waals surface area contributed by atoms with Crippen molar-refractivity contribution in [3.8, 4) is 5.75 Å². The SMILES string of the molecule is CCCCN(CCCC)c1ccc(C(c2ccc(N(C)C)cc2)N2CCCC2)c(OCC)c1. The number of unbranched alkanes of at least 4 members (excludes halogenated alkanes) is 2. The third kappa shape index (κ3) is 6.66. The summed E-state index contributed by atoms with van der Waals surface area (Å²) >= 11 is 0. The molecule has 2 aromatic rings. The summed E-state index contributed by atoms with van der Waals surface area (Å²) in [4.78, 5) is 7.35. The molecule has 1 atom stereocenters. The molecule has 1 aliphatic rings. The fourth-order valence-corrected chi connectivity index (χ4v) is 4.84. The Morgan fingerprint density at radius 2 is 1.45 bits per heavy atom. The first kappa shape index (κ1) is 25.4. The van der Waals surface area contributed by atoms with Gasteiger partial charge in [0.15, 0.2) is 0 Å². The number of hydrogen-bond donors (Lipinski definition) is 0. The molecule has 0 amide bonds. The zero-order chi connectivity index (χ0) is 23.6. The van der Waals surface area contributed by atoms with Gasteiger partial charge in [-0.15, -0.1) is 0 Å². The number of benzene rings is 2. The molecule has 4 nitrogen and oxygen atoms in total. The average molecular weight is 452 g/mol. The Morgan fingerprint density at radius 3 is 2.00 bits per heavy atom. The predicted molar refractivity (Wildman–Crippen MR) is 143 cm³/mol. The maximum atomic E-state index is 6.30. The van der Waals surface area contributed by atoms with E-state index in [9.17, 15) is 0 Å². The second-order valence-electron chi connectivity index (χ2n) is 9.48. The van der Waals surface area contributed by atoms with Crippen LogP contribution in [0.3, 0.4) is 0 Å². The number of rotatable bonds is 13. The van der Waals surface area contributed by atoms with Crippen LogP contribution in [-0.2, 0) is 0 Å². The average Bonchev–Trinajstić information content (AvgIpc) is 3.35. The third-order valence-corrected chi connectivity index (χ3v) is 6.75. The van der Waals surface area contributed by atoms with E-state index < -0.39 is 0 Å². The molecule has 1 saturated heterocycles.